The monoisotopic (exact) mass is 343 g/mol. The summed E-state index contributed by atoms with van der Waals surface area (Å²) in [4.78, 5) is 11.9. The van der Waals surface area contributed by atoms with Gasteiger partial charge in [0.25, 0.3) is 5.91 Å². The van der Waals surface area contributed by atoms with Crippen molar-refractivity contribution >= 4 is 33.3 Å². The second kappa shape index (κ2) is 6.80. The molecule has 0 saturated heterocycles. The van der Waals surface area contributed by atoms with Gasteiger partial charge in [-0.1, -0.05) is 28.9 Å². The average Bonchev–Trinajstić information content (AvgIpc) is 2.83. The normalized spacial score (nSPS) is 11.2. The van der Waals surface area contributed by atoms with Gasteiger partial charge in [0.1, 0.15) is 5.76 Å². The molecule has 0 unspecified atom stereocenters. The molecule has 0 spiro atoms. The van der Waals surface area contributed by atoms with Crippen molar-refractivity contribution in [1.82, 2.24) is 10.5 Å². The number of rotatable bonds is 6. The highest BCUT2D eigenvalue weighted by Gasteiger charge is 2.15. The summed E-state index contributed by atoms with van der Waals surface area (Å²) in [5, 5.41) is 6.34. The highest BCUT2D eigenvalue weighted by Crippen LogP contribution is 2.14. The number of anilines is 1. The SMILES string of the molecule is Cc1cc(NS(=O)(=O)CCNC(=O)c2ccccc2Cl)no1. The maximum absolute atomic E-state index is 11.9. The molecule has 0 aliphatic carbocycles. The van der Waals surface area contributed by atoms with E-state index in [1.165, 1.54) is 6.07 Å². The Morgan fingerprint density at radius 2 is 2.09 bits per heavy atom. The second-order valence-electron chi connectivity index (χ2n) is 4.48. The Hall–Kier alpha value is -2.06. The molecule has 22 heavy (non-hydrogen) atoms. The Balaban J connectivity index is 1.87. The first-order valence-corrected chi connectivity index (χ1v) is 8.37. The third-order valence-corrected chi connectivity index (χ3v) is 4.25. The number of aryl methyl sites for hydroxylation is 1. The van der Waals surface area contributed by atoms with Crippen LogP contribution in [0.2, 0.25) is 5.02 Å². The van der Waals surface area contributed by atoms with E-state index >= 15 is 0 Å². The lowest BCUT2D eigenvalue weighted by molar-refractivity contribution is 0.0956. The number of halogens is 1. The van der Waals surface area contributed by atoms with E-state index in [1.54, 1.807) is 31.2 Å². The molecular weight excluding hydrogens is 330 g/mol. The summed E-state index contributed by atoms with van der Waals surface area (Å²) in [5.74, 6) is -0.132. The van der Waals surface area contributed by atoms with Crippen LogP contribution in [0.4, 0.5) is 5.82 Å². The molecule has 0 aliphatic heterocycles. The zero-order valence-electron chi connectivity index (χ0n) is 11.7. The number of hydrogen-bond acceptors (Lipinski definition) is 5. The molecule has 1 heterocycles. The van der Waals surface area contributed by atoms with E-state index in [0.717, 1.165) is 0 Å². The number of benzene rings is 1. The molecule has 0 saturated carbocycles. The van der Waals surface area contributed by atoms with Gasteiger partial charge in [-0.3, -0.25) is 9.52 Å². The van der Waals surface area contributed by atoms with Crippen LogP contribution in [0.15, 0.2) is 34.9 Å². The van der Waals surface area contributed by atoms with Gasteiger partial charge in [0.05, 0.1) is 16.3 Å². The Kier molecular flexibility index (Phi) is 5.04. The first kappa shape index (κ1) is 16.3. The Morgan fingerprint density at radius 1 is 1.36 bits per heavy atom. The smallest absolute Gasteiger partial charge is 0.252 e. The van der Waals surface area contributed by atoms with Crippen molar-refractivity contribution in [2.45, 2.75) is 6.92 Å². The number of amides is 1. The minimum Gasteiger partial charge on any atom is -0.360 e. The van der Waals surface area contributed by atoms with Gasteiger partial charge in [0.2, 0.25) is 10.0 Å². The Morgan fingerprint density at radius 3 is 2.73 bits per heavy atom. The largest absolute Gasteiger partial charge is 0.360 e. The van der Waals surface area contributed by atoms with Crippen molar-refractivity contribution in [1.29, 1.82) is 0 Å². The Bertz CT molecular complexity index is 773. The van der Waals surface area contributed by atoms with Gasteiger partial charge in [-0.25, -0.2) is 8.42 Å². The molecule has 1 amide bonds. The van der Waals surface area contributed by atoms with E-state index in [2.05, 4.69) is 15.2 Å². The van der Waals surface area contributed by atoms with Crippen molar-refractivity contribution in [2.24, 2.45) is 0 Å². The molecule has 1 aromatic carbocycles. The van der Waals surface area contributed by atoms with Gasteiger partial charge in [0.15, 0.2) is 5.82 Å². The number of sulfonamides is 1. The predicted molar refractivity (Wildman–Crippen MR) is 82.4 cm³/mol. The fourth-order valence-electron chi connectivity index (χ4n) is 1.66. The first-order chi connectivity index (χ1) is 10.4. The molecule has 0 radical (unpaired) electrons. The zero-order chi connectivity index (χ0) is 16.2. The molecule has 0 atom stereocenters. The summed E-state index contributed by atoms with van der Waals surface area (Å²) in [6.07, 6.45) is 0. The van der Waals surface area contributed by atoms with E-state index in [9.17, 15) is 13.2 Å². The predicted octanol–water partition coefficient (Wildman–Crippen LogP) is 1.81. The van der Waals surface area contributed by atoms with Crippen molar-refractivity contribution in [3.63, 3.8) is 0 Å². The summed E-state index contributed by atoms with van der Waals surface area (Å²) < 4.78 is 30.7. The van der Waals surface area contributed by atoms with Crippen LogP contribution in [0.3, 0.4) is 0 Å². The second-order valence-corrected chi connectivity index (χ2v) is 6.73. The van der Waals surface area contributed by atoms with E-state index in [-0.39, 0.29) is 18.1 Å². The minimum atomic E-state index is -3.63. The molecule has 2 aromatic rings. The topological polar surface area (TPSA) is 101 Å². The van der Waals surface area contributed by atoms with E-state index in [0.29, 0.717) is 16.3 Å². The first-order valence-electron chi connectivity index (χ1n) is 6.34. The number of nitrogens with zero attached hydrogens (tertiary/aromatic N) is 1. The van der Waals surface area contributed by atoms with Gasteiger partial charge in [0, 0.05) is 12.6 Å². The van der Waals surface area contributed by atoms with Crippen LogP contribution in [0.5, 0.6) is 0 Å². The van der Waals surface area contributed by atoms with Crippen LogP contribution in [0.25, 0.3) is 0 Å². The lowest BCUT2D eigenvalue weighted by Gasteiger charge is -2.07. The van der Waals surface area contributed by atoms with E-state index in [4.69, 9.17) is 16.1 Å². The van der Waals surface area contributed by atoms with E-state index in [1.807, 2.05) is 0 Å². The zero-order valence-corrected chi connectivity index (χ0v) is 13.2. The number of carbonyl (C=O) groups is 1. The van der Waals surface area contributed by atoms with Crippen molar-refractivity contribution < 1.29 is 17.7 Å². The summed E-state index contributed by atoms with van der Waals surface area (Å²) in [5.41, 5.74) is 0.293. The van der Waals surface area contributed by atoms with Crippen LogP contribution < -0.4 is 10.0 Å². The molecule has 2 rings (SSSR count). The summed E-state index contributed by atoms with van der Waals surface area (Å²) in [6.45, 7) is 1.59. The van der Waals surface area contributed by atoms with Gasteiger partial charge >= 0.3 is 0 Å². The summed E-state index contributed by atoms with van der Waals surface area (Å²) in [7, 11) is -3.63. The molecular formula is C13H14ClN3O4S. The number of aromatic nitrogens is 1. The molecule has 118 valence electrons. The van der Waals surface area contributed by atoms with Gasteiger partial charge in [-0.15, -0.1) is 0 Å². The fraction of sp³-hybridized carbons (Fsp3) is 0.231. The van der Waals surface area contributed by atoms with Crippen LogP contribution in [-0.4, -0.2) is 31.8 Å². The van der Waals surface area contributed by atoms with Gasteiger partial charge in [-0.2, -0.15) is 0 Å². The van der Waals surface area contributed by atoms with Gasteiger partial charge in [-0.05, 0) is 19.1 Å². The van der Waals surface area contributed by atoms with Crippen LogP contribution in [0.1, 0.15) is 16.1 Å². The highest BCUT2D eigenvalue weighted by molar-refractivity contribution is 7.92. The van der Waals surface area contributed by atoms with Gasteiger partial charge < -0.3 is 9.84 Å². The van der Waals surface area contributed by atoms with E-state index < -0.39 is 15.9 Å². The highest BCUT2D eigenvalue weighted by atomic mass is 35.5. The molecule has 1 aromatic heterocycles. The van der Waals surface area contributed by atoms with Crippen LogP contribution in [-0.2, 0) is 10.0 Å². The van der Waals surface area contributed by atoms with Crippen molar-refractivity contribution in [2.75, 3.05) is 17.0 Å². The Labute approximate surface area is 132 Å². The lowest BCUT2D eigenvalue weighted by atomic mass is 10.2. The maximum Gasteiger partial charge on any atom is 0.252 e. The molecule has 7 nitrogen and oxygen atoms in total. The molecule has 2 N–H and O–H groups in total. The lowest BCUT2D eigenvalue weighted by Crippen LogP contribution is -2.31. The fourth-order valence-corrected chi connectivity index (χ4v) is 2.77. The third-order valence-electron chi connectivity index (χ3n) is 2.66. The minimum absolute atomic E-state index is 0.0593. The van der Waals surface area contributed by atoms with Crippen LogP contribution >= 0.6 is 11.6 Å². The molecule has 0 bridgehead atoms. The average molecular weight is 344 g/mol. The quantitative estimate of drug-likeness (QED) is 0.832. The summed E-state index contributed by atoms with van der Waals surface area (Å²) >= 11 is 5.89. The molecule has 9 heteroatoms. The number of nitrogens with one attached hydrogen (secondary N) is 2. The van der Waals surface area contributed by atoms with Crippen molar-refractivity contribution in [3.05, 3.63) is 46.7 Å². The standard InChI is InChI=1S/C13H14ClN3O4S/c1-9-8-12(16-21-9)17-22(19,20)7-6-15-13(18)10-4-2-3-5-11(10)14/h2-5,8H,6-7H2,1H3,(H,15,18)(H,16,17). The molecule has 0 aliphatic rings. The summed E-state index contributed by atoms with van der Waals surface area (Å²) in [6, 6.07) is 7.98. The maximum atomic E-state index is 11.9. The van der Waals surface area contributed by atoms with Crippen molar-refractivity contribution in [3.8, 4) is 0 Å². The number of carbonyl (C=O) groups excluding carboxylic acids is 1. The third kappa shape index (κ3) is 4.47. The van der Waals surface area contributed by atoms with Crippen LogP contribution in [0, 0.1) is 6.92 Å². The molecule has 0 fully saturated rings. The number of hydrogen-bond donors (Lipinski definition) is 2.